The average molecular weight is 417 g/mol. The molecule has 0 aliphatic carbocycles. The lowest BCUT2D eigenvalue weighted by atomic mass is 9.94. The van der Waals surface area contributed by atoms with Crippen molar-refractivity contribution in [2.24, 2.45) is 23.7 Å². The van der Waals surface area contributed by atoms with Crippen LogP contribution in [-0.4, -0.2) is 19.2 Å². The number of benzene rings is 1. The fourth-order valence-electron chi connectivity index (χ4n) is 4.25. The first kappa shape index (κ1) is 26.3. The quantitative estimate of drug-likeness (QED) is 0.216. The Morgan fingerprint density at radius 3 is 1.77 bits per heavy atom. The Kier molecular flexibility index (Phi) is 12.5. The highest BCUT2D eigenvalue weighted by atomic mass is 16.5. The molecule has 4 unspecified atom stereocenters. The predicted octanol–water partition coefficient (Wildman–Crippen LogP) is 7.76. The molecule has 0 bridgehead atoms. The number of rotatable bonds is 15. The maximum Gasteiger partial charge on any atom is 0.338 e. The highest BCUT2D eigenvalue weighted by molar-refractivity contribution is 5.94. The second-order valence-corrected chi connectivity index (χ2v) is 9.35. The summed E-state index contributed by atoms with van der Waals surface area (Å²) in [5.41, 5.74) is 1.26. The summed E-state index contributed by atoms with van der Waals surface area (Å²) in [4.78, 5) is 12.7. The molecule has 4 atom stereocenters. The van der Waals surface area contributed by atoms with E-state index in [0.29, 0.717) is 48.2 Å². The van der Waals surface area contributed by atoms with Crippen molar-refractivity contribution in [3.63, 3.8) is 0 Å². The molecule has 0 aromatic heterocycles. The summed E-state index contributed by atoms with van der Waals surface area (Å²) in [6.07, 6.45) is 7.09. The molecule has 1 aromatic rings. The first-order valence-electron chi connectivity index (χ1n) is 11.9. The van der Waals surface area contributed by atoms with Crippen molar-refractivity contribution in [1.29, 1.82) is 0 Å². The Bertz CT molecular complexity index is 582. The van der Waals surface area contributed by atoms with Gasteiger partial charge in [0.25, 0.3) is 0 Å². The number of hydrogen-bond donors (Lipinski definition) is 0. The molecule has 30 heavy (non-hydrogen) atoms. The zero-order valence-electron chi connectivity index (χ0n) is 20.2. The van der Waals surface area contributed by atoms with Crippen LogP contribution in [0.25, 0.3) is 5.76 Å². The molecule has 1 rings (SSSR count). The SMILES string of the molecule is C=C(OCC(C)CC(C)CCC)c1ccccc1C(=O)OCC(C)CC(C)CCC. The van der Waals surface area contributed by atoms with Gasteiger partial charge in [-0.2, -0.15) is 0 Å². The largest absolute Gasteiger partial charge is 0.493 e. The topological polar surface area (TPSA) is 35.5 Å². The molecular weight excluding hydrogens is 372 g/mol. The number of esters is 1. The standard InChI is InChI=1S/C27H44O3/c1-8-12-20(3)16-22(5)18-29-24(7)25-14-10-11-15-26(25)27(28)30-19-23(6)17-21(4)13-9-2/h10-11,14-15,20-23H,7-9,12-13,16-19H2,1-6H3. The van der Waals surface area contributed by atoms with Gasteiger partial charge >= 0.3 is 5.97 Å². The van der Waals surface area contributed by atoms with E-state index in [9.17, 15) is 4.79 Å². The molecule has 0 amide bonds. The second-order valence-electron chi connectivity index (χ2n) is 9.35. The number of carbonyl (C=O) groups excluding carboxylic acids is 1. The average Bonchev–Trinajstić information content (AvgIpc) is 2.70. The molecular formula is C27H44O3. The first-order valence-corrected chi connectivity index (χ1v) is 11.9. The molecule has 0 aliphatic rings. The third-order valence-electron chi connectivity index (χ3n) is 5.66. The summed E-state index contributed by atoms with van der Waals surface area (Å²) >= 11 is 0. The van der Waals surface area contributed by atoms with E-state index in [1.165, 1.54) is 25.7 Å². The Labute approximate surface area is 185 Å². The van der Waals surface area contributed by atoms with E-state index < -0.39 is 0 Å². The maximum atomic E-state index is 12.7. The molecule has 0 saturated carbocycles. The zero-order valence-corrected chi connectivity index (χ0v) is 20.2. The van der Waals surface area contributed by atoms with Gasteiger partial charge in [-0.1, -0.05) is 92.0 Å². The Balaban J connectivity index is 2.61. The van der Waals surface area contributed by atoms with E-state index in [1.54, 1.807) is 6.07 Å². The van der Waals surface area contributed by atoms with Crippen LogP contribution in [0.4, 0.5) is 0 Å². The minimum absolute atomic E-state index is 0.296. The molecule has 0 N–H and O–H groups in total. The smallest absolute Gasteiger partial charge is 0.338 e. The van der Waals surface area contributed by atoms with Crippen LogP contribution in [0.1, 0.15) is 96.0 Å². The lowest BCUT2D eigenvalue weighted by Gasteiger charge is -2.20. The van der Waals surface area contributed by atoms with Gasteiger partial charge in [0.05, 0.1) is 18.8 Å². The van der Waals surface area contributed by atoms with Crippen molar-refractivity contribution in [1.82, 2.24) is 0 Å². The van der Waals surface area contributed by atoms with Crippen molar-refractivity contribution < 1.29 is 14.3 Å². The summed E-state index contributed by atoms with van der Waals surface area (Å²) < 4.78 is 11.6. The molecule has 0 spiro atoms. The van der Waals surface area contributed by atoms with Crippen LogP contribution in [-0.2, 0) is 9.47 Å². The van der Waals surface area contributed by atoms with Crippen molar-refractivity contribution in [2.75, 3.05) is 13.2 Å². The Morgan fingerprint density at radius 2 is 1.27 bits per heavy atom. The Hall–Kier alpha value is -1.77. The predicted molar refractivity (Wildman–Crippen MR) is 127 cm³/mol. The van der Waals surface area contributed by atoms with Gasteiger partial charge in [0, 0.05) is 5.56 Å². The normalized spacial score (nSPS) is 15.1. The van der Waals surface area contributed by atoms with E-state index in [0.717, 1.165) is 18.4 Å². The molecule has 0 fully saturated rings. The molecule has 170 valence electrons. The van der Waals surface area contributed by atoms with Crippen LogP contribution in [0.15, 0.2) is 30.8 Å². The molecule has 3 heteroatoms. The lowest BCUT2D eigenvalue weighted by molar-refractivity contribution is 0.0432. The van der Waals surface area contributed by atoms with Gasteiger partial charge in [0.1, 0.15) is 5.76 Å². The molecule has 0 saturated heterocycles. The minimum atomic E-state index is -0.296. The second kappa shape index (κ2) is 14.3. The fraction of sp³-hybridized carbons (Fsp3) is 0.667. The van der Waals surface area contributed by atoms with Crippen LogP contribution in [0.2, 0.25) is 0 Å². The highest BCUT2D eigenvalue weighted by Crippen LogP contribution is 2.24. The summed E-state index contributed by atoms with van der Waals surface area (Å²) in [7, 11) is 0. The molecule has 1 aromatic carbocycles. The molecule has 0 heterocycles. The van der Waals surface area contributed by atoms with Crippen molar-refractivity contribution in [3.8, 4) is 0 Å². The van der Waals surface area contributed by atoms with Gasteiger partial charge in [-0.3, -0.25) is 0 Å². The van der Waals surface area contributed by atoms with Gasteiger partial charge in [0.15, 0.2) is 0 Å². The van der Waals surface area contributed by atoms with Crippen molar-refractivity contribution in [2.45, 2.75) is 80.1 Å². The van der Waals surface area contributed by atoms with Crippen LogP contribution in [0.3, 0.4) is 0 Å². The third kappa shape index (κ3) is 9.82. The summed E-state index contributed by atoms with van der Waals surface area (Å²) in [5, 5.41) is 0. The van der Waals surface area contributed by atoms with Crippen molar-refractivity contribution in [3.05, 3.63) is 42.0 Å². The molecule has 0 radical (unpaired) electrons. The first-order chi connectivity index (χ1) is 14.3. The van der Waals surface area contributed by atoms with Gasteiger partial charge in [-0.25, -0.2) is 4.79 Å². The fourth-order valence-corrected chi connectivity index (χ4v) is 4.25. The monoisotopic (exact) mass is 416 g/mol. The van der Waals surface area contributed by atoms with Crippen LogP contribution in [0, 0.1) is 23.7 Å². The van der Waals surface area contributed by atoms with E-state index in [1.807, 2.05) is 18.2 Å². The van der Waals surface area contributed by atoms with Gasteiger partial charge in [0.2, 0.25) is 0 Å². The number of carbonyl (C=O) groups is 1. The van der Waals surface area contributed by atoms with E-state index in [4.69, 9.17) is 9.47 Å². The molecule has 0 aliphatic heterocycles. The van der Waals surface area contributed by atoms with E-state index >= 15 is 0 Å². The Morgan fingerprint density at radius 1 is 0.800 bits per heavy atom. The van der Waals surface area contributed by atoms with Gasteiger partial charge < -0.3 is 9.47 Å². The number of hydrogen-bond acceptors (Lipinski definition) is 3. The highest BCUT2D eigenvalue weighted by Gasteiger charge is 2.18. The summed E-state index contributed by atoms with van der Waals surface area (Å²) in [5.74, 6) is 2.41. The third-order valence-corrected chi connectivity index (χ3v) is 5.66. The van der Waals surface area contributed by atoms with Gasteiger partial charge in [-0.05, 0) is 42.6 Å². The summed E-state index contributed by atoms with van der Waals surface area (Å²) in [6, 6.07) is 7.44. The minimum Gasteiger partial charge on any atom is -0.493 e. The van der Waals surface area contributed by atoms with E-state index in [-0.39, 0.29) is 5.97 Å². The number of ether oxygens (including phenoxy) is 2. The summed E-state index contributed by atoms with van der Waals surface area (Å²) in [6.45, 7) is 18.5. The maximum absolute atomic E-state index is 12.7. The van der Waals surface area contributed by atoms with E-state index in [2.05, 4.69) is 48.1 Å². The lowest BCUT2D eigenvalue weighted by Crippen LogP contribution is -2.16. The zero-order chi connectivity index (χ0) is 22.5. The van der Waals surface area contributed by atoms with Crippen LogP contribution in [0.5, 0.6) is 0 Å². The molecule has 3 nitrogen and oxygen atoms in total. The van der Waals surface area contributed by atoms with Gasteiger partial charge in [-0.15, -0.1) is 0 Å². The van der Waals surface area contributed by atoms with Crippen LogP contribution < -0.4 is 0 Å². The van der Waals surface area contributed by atoms with Crippen molar-refractivity contribution >= 4 is 11.7 Å². The van der Waals surface area contributed by atoms with Crippen LogP contribution >= 0.6 is 0 Å².